The molecule has 1 unspecified atom stereocenters. The number of esters is 1. The van der Waals surface area contributed by atoms with Gasteiger partial charge in [-0.2, -0.15) is 0 Å². The molecule has 0 aromatic carbocycles. The summed E-state index contributed by atoms with van der Waals surface area (Å²) < 4.78 is 5.27. The third-order valence-corrected chi connectivity index (χ3v) is 3.39. The van der Waals surface area contributed by atoms with Gasteiger partial charge in [0.25, 0.3) is 0 Å². The van der Waals surface area contributed by atoms with Gasteiger partial charge in [0.15, 0.2) is 0 Å². The molecule has 1 amide bonds. The highest BCUT2D eigenvalue weighted by atomic mass is 35.5. The van der Waals surface area contributed by atoms with Crippen LogP contribution in [0.15, 0.2) is 10.7 Å². The second-order valence-corrected chi connectivity index (χ2v) is 6.05. The number of nitrogens with zero attached hydrogens (tertiary/aromatic N) is 1. The second kappa shape index (κ2) is 4.24. The Hall–Kier alpha value is -1.07. The van der Waals surface area contributed by atoms with Crippen molar-refractivity contribution in [3.63, 3.8) is 0 Å². The summed E-state index contributed by atoms with van der Waals surface area (Å²) in [6.45, 7) is 5.30. The number of fused-ring (bicyclic) bond motifs is 1. The van der Waals surface area contributed by atoms with Gasteiger partial charge in [-0.25, -0.2) is 4.79 Å². The Morgan fingerprint density at radius 3 is 2.67 bits per heavy atom. The van der Waals surface area contributed by atoms with Gasteiger partial charge in [-0.1, -0.05) is 11.6 Å². The molecule has 0 spiro atoms. The molecule has 2 heterocycles. The number of nitrogens with two attached hydrogens (primary N) is 1. The molecule has 18 heavy (non-hydrogen) atoms. The number of carbonyl (C=O) groups is 2. The van der Waals surface area contributed by atoms with E-state index in [-0.39, 0.29) is 17.6 Å². The van der Waals surface area contributed by atoms with Crippen molar-refractivity contribution in [3.8, 4) is 0 Å². The third kappa shape index (κ3) is 2.12. The Bertz CT molecular complexity index is 439. The van der Waals surface area contributed by atoms with Crippen molar-refractivity contribution in [1.82, 2.24) is 4.90 Å². The van der Waals surface area contributed by atoms with E-state index in [1.165, 1.54) is 4.90 Å². The summed E-state index contributed by atoms with van der Waals surface area (Å²) >= 11 is 6.06. The smallest absolute Gasteiger partial charge is 0.356 e. The maximum absolute atomic E-state index is 12.1. The normalized spacial score (nSPS) is 27.8. The van der Waals surface area contributed by atoms with E-state index in [1.54, 1.807) is 20.8 Å². The van der Waals surface area contributed by atoms with E-state index in [4.69, 9.17) is 22.1 Å². The van der Waals surface area contributed by atoms with E-state index in [1.807, 2.05) is 0 Å². The summed E-state index contributed by atoms with van der Waals surface area (Å²) in [5.41, 5.74) is 5.24. The second-order valence-electron chi connectivity index (χ2n) is 5.60. The summed E-state index contributed by atoms with van der Waals surface area (Å²) in [7, 11) is 0. The molecule has 0 aliphatic carbocycles. The summed E-state index contributed by atoms with van der Waals surface area (Å²) in [5, 5.41) is 0.376. The lowest BCUT2D eigenvalue weighted by atomic mass is 9.87. The van der Waals surface area contributed by atoms with Gasteiger partial charge in [0.05, 0.1) is 6.04 Å². The van der Waals surface area contributed by atoms with E-state index in [2.05, 4.69) is 0 Å². The molecule has 5 nitrogen and oxygen atoms in total. The molecule has 0 saturated carbocycles. The molecule has 2 atom stereocenters. The lowest BCUT2D eigenvalue weighted by Gasteiger charge is -2.48. The van der Waals surface area contributed by atoms with Crippen LogP contribution in [-0.2, 0) is 14.3 Å². The molecule has 0 bridgehead atoms. The molecule has 1 fully saturated rings. The minimum absolute atomic E-state index is 0.123. The highest BCUT2D eigenvalue weighted by molar-refractivity contribution is 6.32. The molecule has 100 valence electrons. The van der Waals surface area contributed by atoms with E-state index in [0.717, 1.165) is 0 Å². The lowest BCUT2D eigenvalue weighted by Crippen LogP contribution is -2.69. The van der Waals surface area contributed by atoms with Gasteiger partial charge in [0, 0.05) is 5.03 Å². The van der Waals surface area contributed by atoms with Crippen molar-refractivity contribution in [2.45, 2.75) is 51.3 Å². The number of allylic oxidation sites excluding steroid dienone is 1. The van der Waals surface area contributed by atoms with Crippen LogP contribution >= 0.6 is 11.6 Å². The van der Waals surface area contributed by atoms with Crippen molar-refractivity contribution in [1.29, 1.82) is 0 Å². The van der Waals surface area contributed by atoms with Crippen molar-refractivity contribution in [2.24, 2.45) is 5.73 Å². The fourth-order valence-corrected chi connectivity index (χ4v) is 2.49. The van der Waals surface area contributed by atoms with Crippen LogP contribution in [-0.4, -0.2) is 34.5 Å². The van der Waals surface area contributed by atoms with Crippen molar-refractivity contribution in [3.05, 3.63) is 10.7 Å². The molecule has 0 radical (unpaired) electrons. The van der Waals surface area contributed by atoms with Gasteiger partial charge in [-0.05, 0) is 33.6 Å². The Morgan fingerprint density at radius 1 is 1.50 bits per heavy atom. The summed E-state index contributed by atoms with van der Waals surface area (Å²) in [4.78, 5) is 25.2. The number of ether oxygens (including phenoxy) is 1. The van der Waals surface area contributed by atoms with Crippen LogP contribution in [0.1, 0.15) is 33.6 Å². The fraction of sp³-hybridized carbons (Fsp3) is 0.667. The first-order valence-electron chi connectivity index (χ1n) is 5.93. The molecule has 2 aliphatic rings. The van der Waals surface area contributed by atoms with Gasteiger partial charge in [0.1, 0.15) is 17.3 Å². The SMILES string of the molecule is CC(C)(C)OC(=O)C1=C(Cl)CCC2[C@H](N)C(=O)N12. The monoisotopic (exact) mass is 272 g/mol. The highest BCUT2D eigenvalue weighted by Crippen LogP contribution is 2.38. The Labute approximate surface area is 111 Å². The molecule has 2 N–H and O–H groups in total. The van der Waals surface area contributed by atoms with Gasteiger partial charge >= 0.3 is 5.97 Å². The zero-order valence-corrected chi connectivity index (χ0v) is 11.5. The van der Waals surface area contributed by atoms with Gasteiger partial charge in [0.2, 0.25) is 5.91 Å². The third-order valence-electron chi connectivity index (χ3n) is 3.02. The van der Waals surface area contributed by atoms with Crippen LogP contribution in [0.25, 0.3) is 0 Å². The predicted octanol–water partition coefficient (Wildman–Crippen LogP) is 1.11. The summed E-state index contributed by atoms with van der Waals surface area (Å²) in [5.74, 6) is -0.823. The maximum Gasteiger partial charge on any atom is 0.356 e. The van der Waals surface area contributed by atoms with Crippen LogP contribution in [0.3, 0.4) is 0 Å². The van der Waals surface area contributed by atoms with Crippen LogP contribution in [0.4, 0.5) is 0 Å². The van der Waals surface area contributed by atoms with Crippen LogP contribution < -0.4 is 5.73 Å². The standard InChI is InChI=1S/C12H17ClN2O3/c1-12(2,3)18-11(17)9-6(13)4-5-7-8(14)10(16)15(7)9/h7-8H,4-5,14H2,1-3H3/t7?,8-/m0/s1. The Morgan fingerprint density at radius 2 is 2.11 bits per heavy atom. The molecule has 0 aromatic heterocycles. The van der Waals surface area contributed by atoms with E-state index >= 15 is 0 Å². The largest absolute Gasteiger partial charge is 0.455 e. The molecular weight excluding hydrogens is 256 g/mol. The van der Waals surface area contributed by atoms with E-state index in [0.29, 0.717) is 17.9 Å². The van der Waals surface area contributed by atoms with Crippen LogP contribution in [0, 0.1) is 0 Å². The minimum atomic E-state index is -0.621. The first-order valence-corrected chi connectivity index (χ1v) is 6.31. The fourth-order valence-electron chi connectivity index (χ4n) is 2.21. The summed E-state index contributed by atoms with van der Waals surface area (Å²) in [6, 6.07) is -0.644. The predicted molar refractivity (Wildman–Crippen MR) is 66.6 cm³/mol. The molecule has 0 aromatic rings. The van der Waals surface area contributed by atoms with Crippen LogP contribution in [0.2, 0.25) is 0 Å². The number of β-lactam (4-membered cyclic amide) rings is 1. The summed E-state index contributed by atoms with van der Waals surface area (Å²) in [6.07, 6.45) is 1.25. The van der Waals surface area contributed by atoms with Crippen molar-refractivity contribution in [2.75, 3.05) is 0 Å². The molecule has 2 aliphatic heterocycles. The minimum Gasteiger partial charge on any atom is -0.455 e. The molecule has 2 rings (SSSR count). The molecule has 1 saturated heterocycles. The highest BCUT2D eigenvalue weighted by Gasteiger charge is 2.51. The lowest BCUT2D eigenvalue weighted by molar-refractivity contribution is -0.160. The Balaban J connectivity index is 2.25. The van der Waals surface area contributed by atoms with Gasteiger partial charge in [-0.15, -0.1) is 0 Å². The molecule has 6 heteroatoms. The first-order chi connectivity index (χ1) is 8.22. The zero-order valence-electron chi connectivity index (χ0n) is 10.7. The average molecular weight is 273 g/mol. The zero-order chi connectivity index (χ0) is 13.7. The first kappa shape index (κ1) is 13.4. The number of amides is 1. The van der Waals surface area contributed by atoms with Gasteiger partial charge in [-0.3, -0.25) is 9.69 Å². The maximum atomic E-state index is 12.1. The van der Waals surface area contributed by atoms with Crippen molar-refractivity contribution < 1.29 is 14.3 Å². The number of hydrogen-bond donors (Lipinski definition) is 1. The number of hydrogen-bond acceptors (Lipinski definition) is 4. The van der Waals surface area contributed by atoms with Crippen molar-refractivity contribution >= 4 is 23.5 Å². The number of carbonyl (C=O) groups excluding carboxylic acids is 2. The topological polar surface area (TPSA) is 72.6 Å². The van der Waals surface area contributed by atoms with Gasteiger partial charge < -0.3 is 10.5 Å². The van der Waals surface area contributed by atoms with E-state index in [9.17, 15) is 9.59 Å². The number of halogens is 1. The van der Waals surface area contributed by atoms with Crippen LogP contribution in [0.5, 0.6) is 0 Å². The number of rotatable bonds is 1. The quantitative estimate of drug-likeness (QED) is 0.573. The van der Waals surface area contributed by atoms with E-state index < -0.39 is 17.6 Å². The average Bonchev–Trinajstić information content (AvgIpc) is 2.25. The Kier molecular flexibility index (Phi) is 3.15. The molecular formula is C12H17ClN2O3.